The first kappa shape index (κ1) is 12.7. The Bertz CT molecular complexity index is 709. The zero-order valence-corrected chi connectivity index (χ0v) is 10.5. The molecule has 94 valence electrons. The van der Waals surface area contributed by atoms with E-state index in [1.807, 2.05) is 0 Å². The molecule has 1 aromatic carbocycles. The third-order valence-electron chi connectivity index (χ3n) is 2.32. The van der Waals surface area contributed by atoms with Crippen molar-refractivity contribution >= 4 is 15.9 Å². The van der Waals surface area contributed by atoms with Gasteiger partial charge in [-0.15, -0.1) is 0 Å². The van der Waals surface area contributed by atoms with E-state index in [0.29, 0.717) is 4.47 Å². The number of benzene rings is 1. The first-order chi connectivity index (χ1) is 8.47. The second-order valence-electron chi connectivity index (χ2n) is 3.60. The number of nitrogens with one attached hydrogen (secondary N) is 1. The summed E-state index contributed by atoms with van der Waals surface area (Å²) in [5, 5.41) is 0. The highest BCUT2D eigenvalue weighted by Gasteiger charge is 2.07. The standard InChI is InChI=1S/C11H7BrF2N2O2/c12-7-2-1-6(8(13)3-7)4-16-5-9(14)10(17)15-11(16)18/h1-3,5H,4H2,(H,15,17,18). The maximum atomic E-state index is 13.5. The predicted octanol–water partition coefficient (Wildman–Crippen LogP) is 1.63. The molecule has 1 heterocycles. The van der Waals surface area contributed by atoms with Crippen molar-refractivity contribution in [1.29, 1.82) is 0 Å². The Morgan fingerprint density at radius 3 is 2.61 bits per heavy atom. The summed E-state index contributed by atoms with van der Waals surface area (Å²) < 4.78 is 28.0. The largest absolute Gasteiger partial charge is 0.328 e. The fraction of sp³-hybridized carbons (Fsp3) is 0.0909. The van der Waals surface area contributed by atoms with Crippen molar-refractivity contribution < 1.29 is 8.78 Å². The molecule has 0 atom stereocenters. The quantitative estimate of drug-likeness (QED) is 0.915. The molecule has 18 heavy (non-hydrogen) atoms. The first-order valence-electron chi connectivity index (χ1n) is 4.90. The highest BCUT2D eigenvalue weighted by atomic mass is 79.9. The van der Waals surface area contributed by atoms with E-state index in [2.05, 4.69) is 15.9 Å². The van der Waals surface area contributed by atoms with Crippen LogP contribution in [0.15, 0.2) is 38.5 Å². The molecule has 0 aliphatic carbocycles. The van der Waals surface area contributed by atoms with Crippen molar-refractivity contribution in [1.82, 2.24) is 9.55 Å². The fourth-order valence-corrected chi connectivity index (χ4v) is 1.77. The number of H-pyrrole nitrogens is 1. The Morgan fingerprint density at radius 1 is 1.22 bits per heavy atom. The Labute approximate surface area is 108 Å². The molecule has 0 unspecified atom stereocenters. The van der Waals surface area contributed by atoms with E-state index in [1.54, 1.807) is 11.1 Å². The monoisotopic (exact) mass is 316 g/mol. The number of nitrogens with zero attached hydrogens (tertiary/aromatic N) is 1. The zero-order chi connectivity index (χ0) is 13.3. The van der Waals surface area contributed by atoms with Gasteiger partial charge >= 0.3 is 5.69 Å². The van der Waals surface area contributed by atoms with Gasteiger partial charge in [-0.3, -0.25) is 14.3 Å². The normalized spacial score (nSPS) is 10.6. The van der Waals surface area contributed by atoms with Gasteiger partial charge in [-0.1, -0.05) is 22.0 Å². The van der Waals surface area contributed by atoms with Crippen molar-refractivity contribution in [3.8, 4) is 0 Å². The van der Waals surface area contributed by atoms with Gasteiger partial charge in [0.25, 0.3) is 5.56 Å². The van der Waals surface area contributed by atoms with E-state index in [-0.39, 0.29) is 12.1 Å². The Morgan fingerprint density at radius 2 is 1.94 bits per heavy atom. The van der Waals surface area contributed by atoms with Gasteiger partial charge in [0.15, 0.2) is 0 Å². The second kappa shape index (κ2) is 4.85. The maximum absolute atomic E-state index is 13.5. The second-order valence-corrected chi connectivity index (χ2v) is 4.52. The minimum atomic E-state index is -1.09. The van der Waals surface area contributed by atoms with E-state index in [0.717, 1.165) is 10.8 Å². The third kappa shape index (κ3) is 2.56. The summed E-state index contributed by atoms with van der Waals surface area (Å²) in [5.41, 5.74) is -1.66. The lowest BCUT2D eigenvalue weighted by atomic mass is 10.2. The molecule has 1 N–H and O–H groups in total. The molecular weight excluding hydrogens is 310 g/mol. The number of aromatic amines is 1. The SMILES string of the molecule is O=c1[nH]c(=O)n(Cc2ccc(Br)cc2F)cc1F. The van der Waals surface area contributed by atoms with Crippen molar-refractivity contribution in [2.24, 2.45) is 0 Å². The van der Waals surface area contributed by atoms with Crippen LogP contribution in [-0.4, -0.2) is 9.55 Å². The van der Waals surface area contributed by atoms with Gasteiger partial charge in [-0.25, -0.2) is 9.18 Å². The van der Waals surface area contributed by atoms with Crippen molar-refractivity contribution in [3.05, 3.63) is 66.9 Å². The van der Waals surface area contributed by atoms with Crippen molar-refractivity contribution in [2.75, 3.05) is 0 Å². The van der Waals surface area contributed by atoms with Gasteiger partial charge in [0.1, 0.15) is 5.82 Å². The number of halogens is 3. The van der Waals surface area contributed by atoms with Crippen LogP contribution < -0.4 is 11.2 Å². The molecule has 0 bridgehead atoms. The van der Waals surface area contributed by atoms with E-state index in [1.165, 1.54) is 12.1 Å². The van der Waals surface area contributed by atoms with E-state index in [9.17, 15) is 18.4 Å². The van der Waals surface area contributed by atoms with Crippen LogP contribution in [0, 0.1) is 11.6 Å². The Hall–Kier alpha value is -1.76. The molecular formula is C11H7BrF2N2O2. The Balaban J connectivity index is 2.43. The molecule has 2 rings (SSSR count). The molecule has 0 saturated carbocycles. The molecule has 1 aromatic heterocycles. The third-order valence-corrected chi connectivity index (χ3v) is 2.82. The van der Waals surface area contributed by atoms with Crippen LogP contribution in [0.2, 0.25) is 0 Å². The summed E-state index contributed by atoms with van der Waals surface area (Å²) in [7, 11) is 0. The van der Waals surface area contributed by atoms with Gasteiger partial charge in [-0.2, -0.15) is 4.39 Å². The van der Waals surface area contributed by atoms with Gasteiger partial charge in [0.2, 0.25) is 5.82 Å². The molecule has 0 amide bonds. The smallest absolute Gasteiger partial charge is 0.293 e. The molecule has 0 saturated heterocycles. The van der Waals surface area contributed by atoms with Crippen LogP contribution in [0.5, 0.6) is 0 Å². The fourth-order valence-electron chi connectivity index (χ4n) is 1.43. The highest BCUT2D eigenvalue weighted by molar-refractivity contribution is 9.10. The molecule has 0 fully saturated rings. The van der Waals surface area contributed by atoms with Crippen LogP contribution in [0.1, 0.15) is 5.56 Å². The number of hydrogen-bond acceptors (Lipinski definition) is 2. The molecule has 0 aliphatic heterocycles. The summed E-state index contributed by atoms with van der Waals surface area (Å²) in [6.07, 6.45) is 0.753. The predicted molar refractivity (Wildman–Crippen MR) is 64.5 cm³/mol. The molecule has 0 aliphatic rings. The Kier molecular flexibility index (Phi) is 3.42. The molecule has 0 radical (unpaired) electrons. The lowest BCUT2D eigenvalue weighted by Gasteiger charge is -2.06. The molecule has 0 spiro atoms. The lowest BCUT2D eigenvalue weighted by molar-refractivity contribution is 0.553. The van der Waals surface area contributed by atoms with Crippen LogP contribution in [0.25, 0.3) is 0 Å². The lowest BCUT2D eigenvalue weighted by Crippen LogP contribution is -2.31. The summed E-state index contributed by atoms with van der Waals surface area (Å²) in [6.45, 7) is -0.161. The number of aromatic nitrogens is 2. The summed E-state index contributed by atoms with van der Waals surface area (Å²) >= 11 is 3.10. The van der Waals surface area contributed by atoms with Gasteiger partial charge < -0.3 is 0 Å². The molecule has 4 nitrogen and oxygen atoms in total. The summed E-state index contributed by atoms with van der Waals surface area (Å²) in [4.78, 5) is 24.0. The van der Waals surface area contributed by atoms with Gasteiger partial charge in [0.05, 0.1) is 12.7 Å². The van der Waals surface area contributed by atoms with Crippen LogP contribution in [0.4, 0.5) is 8.78 Å². The van der Waals surface area contributed by atoms with Crippen molar-refractivity contribution in [3.63, 3.8) is 0 Å². The summed E-state index contributed by atoms with van der Waals surface area (Å²) in [6, 6.07) is 4.31. The van der Waals surface area contributed by atoms with Crippen LogP contribution in [-0.2, 0) is 6.54 Å². The molecule has 7 heteroatoms. The number of hydrogen-bond donors (Lipinski definition) is 1. The first-order valence-corrected chi connectivity index (χ1v) is 5.70. The maximum Gasteiger partial charge on any atom is 0.328 e. The number of rotatable bonds is 2. The van der Waals surface area contributed by atoms with E-state index >= 15 is 0 Å². The zero-order valence-electron chi connectivity index (χ0n) is 8.91. The highest BCUT2D eigenvalue weighted by Crippen LogP contribution is 2.15. The van der Waals surface area contributed by atoms with Crippen LogP contribution in [0.3, 0.4) is 0 Å². The summed E-state index contributed by atoms with van der Waals surface area (Å²) in [5.74, 6) is -1.62. The van der Waals surface area contributed by atoms with Gasteiger partial charge in [-0.05, 0) is 12.1 Å². The average molecular weight is 317 g/mol. The van der Waals surface area contributed by atoms with E-state index in [4.69, 9.17) is 0 Å². The average Bonchev–Trinajstić information content (AvgIpc) is 2.29. The minimum absolute atomic E-state index is 0.161. The van der Waals surface area contributed by atoms with Gasteiger partial charge in [0, 0.05) is 10.0 Å². The molecule has 2 aromatic rings. The van der Waals surface area contributed by atoms with E-state index < -0.39 is 22.9 Å². The topological polar surface area (TPSA) is 54.9 Å². The van der Waals surface area contributed by atoms with Crippen molar-refractivity contribution in [2.45, 2.75) is 6.54 Å². The van der Waals surface area contributed by atoms with Crippen LogP contribution >= 0.6 is 15.9 Å². The minimum Gasteiger partial charge on any atom is -0.293 e.